The molecule has 0 aliphatic carbocycles. The van der Waals surface area contributed by atoms with Gasteiger partial charge in [-0.25, -0.2) is 13.6 Å². The van der Waals surface area contributed by atoms with Crippen molar-refractivity contribution in [3.63, 3.8) is 0 Å². The first-order valence-corrected chi connectivity index (χ1v) is 3.89. The molecule has 0 aromatic heterocycles. The molecule has 0 atom stereocenters. The van der Waals surface area contributed by atoms with Gasteiger partial charge in [-0.2, -0.15) is 0 Å². The van der Waals surface area contributed by atoms with Crippen LogP contribution in [0.1, 0.15) is 12.0 Å². The Hall–Kier alpha value is -1.78. The summed E-state index contributed by atoms with van der Waals surface area (Å²) < 4.78 is 25.9. The third kappa shape index (κ3) is 1.48. The first kappa shape index (κ1) is 8.80. The molecular formula is C9H5F2NO2. The molecule has 0 saturated carbocycles. The van der Waals surface area contributed by atoms with Gasteiger partial charge in [0.15, 0.2) is 0 Å². The predicted molar refractivity (Wildman–Crippen MR) is 43.6 cm³/mol. The highest BCUT2D eigenvalue weighted by Gasteiger charge is 2.21. The van der Waals surface area contributed by atoms with Gasteiger partial charge in [0.2, 0.25) is 0 Å². The van der Waals surface area contributed by atoms with Crippen molar-refractivity contribution in [3.05, 3.63) is 35.4 Å². The average Bonchev–Trinajstić information content (AvgIpc) is 2.56. The van der Waals surface area contributed by atoms with Crippen LogP contribution in [0.15, 0.2) is 23.4 Å². The van der Waals surface area contributed by atoms with Crippen LogP contribution in [-0.4, -0.2) is 11.7 Å². The molecule has 0 radical (unpaired) electrons. The maximum atomic E-state index is 13.1. The Morgan fingerprint density at radius 1 is 1.36 bits per heavy atom. The molecule has 2 rings (SSSR count). The molecular weight excluding hydrogens is 192 g/mol. The highest BCUT2D eigenvalue weighted by Crippen LogP contribution is 2.16. The quantitative estimate of drug-likeness (QED) is 0.641. The summed E-state index contributed by atoms with van der Waals surface area (Å²) in [7, 11) is 0. The normalized spacial score (nSPS) is 15.3. The van der Waals surface area contributed by atoms with Gasteiger partial charge in [-0.3, -0.25) is 0 Å². The molecule has 1 heterocycles. The molecule has 0 amide bonds. The summed E-state index contributed by atoms with van der Waals surface area (Å²) >= 11 is 0. The fourth-order valence-corrected chi connectivity index (χ4v) is 1.17. The molecule has 0 spiro atoms. The van der Waals surface area contributed by atoms with Crippen LogP contribution < -0.4 is 0 Å². The lowest BCUT2D eigenvalue weighted by atomic mass is 10.1. The first-order chi connectivity index (χ1) is 6.66. The summed E-state index contributed by atoms with van der Waals surface area (Å²) in [5, 5.41) is 3.35. The summed E-state index contributed by atoms with van der Waals surface area (Å²) in [5.41, 5.74) is 0.0860. The van der Waals surface area contributed by atoms with Gasteiger partial charge in [0.1, 0.15) is 17.3 Å². The summed E-state index contributed by atoms with van der Waals surface area (Å²) in [5.74, 6) is -1.77. The maximum absolute atomic E-state index is 13.1. The zero-order valence-electron chi connectivity index (χ0n) is 6.96. The molecule has 0 unspecified atom stereocenters. The molecule has 0 saturated heterocycles. The Morgan fingerprint density at radius 3 is 2.79 bits per heavy atom. The number of halogens is 2. The van der Waals surface area contributed by atoms with E-state index in [1.54, 1.807) is 0 Å². The van der Waals surface area contributed by atoms with Gasteiger partial charge in [-0.05, 0) is 18.2 Å². The van der Waals surface area contributed by atoms with Crippen molar-refractivity contribution in [2.24, 2.45) is 5.16 Å². The van der Waals surface area contributed by atoms with E-state index < -0.39 is 17.6 Å². The van der Waals surface area contributed by atoms with Crippen molar-refractivity contribution in [2.75, 3.05) is 0 Å². The van der Waals surface area contributed by atoms with Gasteiger partial charge >= 0.3 is 5.97 Å². The minimum absolute atomic E-state index is 0.0316. The third-order valence-corrected chi connectivity index (χ3v) is 1.81. The van der Waals surface area contributed by atoms with Crippen molar-refractivity contribution in [3.8, 4) is 0 Å². The number of oxime groups is 1. The van der Waals surface area contributed by atoms with Crippen LogP contribution in [-0.2, 0) is 9.63 Å². The Morgan fingerprint density at radius 2 is 2.14 bits per heavy atom. The number of nitrogens with zero attached hydrogens (tertiary/aromatic N) is 1. The number of benzene rings is 1. The number of rotatable bonds is 1. The van der Waals surface area contributed by atoms with Crippen LogP contribution in [0, 0.1) is 11.6 Å². The second-order valence-corrected chi connectivity index (χ2v) is 2.80. The highest BCUT2D eigenvalue weighted by molar-refractivity contribution is 6.11. The van der Waals surface area contributed by atoms with E-state index in [2.05, 4.69) is 9.99 Å². The first-order valence-electron chi connectivity index (χ1n) is 3.89. The number of hydrogen-bond acceptors (Lipinski definition) is 3. The predicted octanol–water partition coefficient (Wildman–Crippen LogP) is 1.62. The Kier molecular flexibility index (Phi) is 1.99. The molecule has 0 fully saturated rings. The molecule has 5 heteroatoms. The van der Waals surface area contributed by atoms with E-state index in [0.717, 1.165) is 18.2 Å². The number of carbonyl (C=O) groups excluding carboxylic acids is 1. The molecule has 1 aliphatic rings. The highest BCUT2D eigenvalue weighted by atomic mass is 19.1. The Labute approximate surface area is 78.0 Å². The van der Waals surface area contributed by atoms with E-state index >= 15 is 0 Å². The molecule has 0 N–H and O–H groups in total. The van der Waals surface area contributed by atoms with Crippen LogP contribution in [0.3, 0.4) is 0 Å². The van der Waals surface area contributed by atoms with Crippen LogP contribution in [0.4, 0.5) is 8.78 Å². The molecule has 1 aromatic carbocycles. The van der Waals surface area contributed by atoms with E-state index in [1.165, 1.54) is 0 Å². The van der Waals surface area contributed by atoms with Crippen LogP contribution in [0.25, 0.3) is 0 Å². The van der Waals surface area contributed by atoms with Crippen molar-refractivity contribution in [1.29, 1.82) is 0 Å². The van der Waals surface area contributed by atoms with Crippen molar-refractivity contribution in [1.82, 2.24) is 0 Å². The summed E-state index contributed by atoms with van der Waals surface area (Å²) in [4.78, 5) is 14.9. The molecule has 1 aliphatic heterocycles. The standard InChI is InChI=1S/C9H5F2NO2/c10-5-1-2-7(11)6(3-5)8-4-9(13)14-12-8/h1-3H,4H2. The van der Waals surface area contributed by atoms with Gasteiger partial charge in [0.05, 0.1) is 6.42 Å². The molecule has 1 aromatic rings. The van der Waals surface area contributed by atoms with Gasteiger partial charge in [0, 0.05) is 5.56 Å². The molecule has 72 valence electrons. The van der Waals surface area contributed by atoms with Crippen molar-refractivity contribution in [2.45, 2.75) is 6.42 Å². The SMILES string of the molecule is O=C1CC(c2cc(F)ccc2F)=NO1. The van der Waals surface area contributed by atoms with Gasteiger partial charge < -0.3 is 4.84 Å². The molecule has 3 nitrogen and oxygen atoms in total. The minimum atomic E-state index is -0.622. The van der Waals surface area contributed by atoms with Crippen molar-refractivity contribution < 1.29 is 18.4 Å². The van der Waals surface area contributed by atoms with Crippen molar-refractivity contribution >= 4 is 11.7 Å². The topological polar surface area (TPSA) is 38.7 Å². The van der Waals surface area contributed by atoms with E-state index in [9.17, 15) is 13.6 Å². The smallest absolute Gasteiger partial charge is 0.318 e. The van der Waals surface area contributed by atoms with E-state index in [-0.39, 0.29) is 17.7 Å². The van der Waals surface area contributed by atoms with E-state index in [0.29, 0.717) is 0 Å². The lowest BCUT2D eigenvalue weighted by molar-refractivity contribution is -0.140. The fourth-order valence-electron chi connectivity index (χ4n) is 1.17. The lowest BCUT2D eigenvalue weighted by Gasteiger charge is -1.99. The third-order valence-electron chi connectivity index (χ3n) is 1.81. The fraction of sp³-hybridized carbons (Fsp3) is 0.111. The van der Waals surface area contributed by atoms with Crippen LogP contribution in [0.5, 0.6) is 0 Å². The summed E-state index contributed by atoms with van der Waals surface area (Å²) in [6.07, 6.45) is -0.125. The summed E-state index contributed by atoms with van der Waals surface area (Å²) in [6, 6.07) is 2.96. The monoisotopic (exact) mass is 197 g/mol. The maximum Gasteiger partial charge on any atom is 0.341 e. The Balaban J connectivity index is 2.41. The van der Waals surface area contributed by atoms with Gasteiger partial charge in [-0.15, -0.1) is 0 Å². The number of hydrogen-bond donors (Lipinski definition) is 0. The lowest BCUT2D eigenvalue weighted by Crippen LogP contribution is -2.03. The van der Waals surface area contributed by atoms with E-state index in [1.807, 2.05) is 0 Å². The second kappa shape index (κ2) is 3.17. The Bertz CT molecular complexity index is 429. The minimum Gasteiger partial charge on any atom is -0.318 e. The van der Waals surface area contributed by atoms with E-state index in [4.69, 9.17) is 0 Å². The molecule has 14 heavy (non-hydrogen) atoms. The summed E-state index contributed by atoms with van der Waals surface area (Å²) in [6.45, 7) is 0. The zero-order valence-corrected chi connectivity index (χ0v) is 6.96. The second-order valence-electron chi connectivity index (χ2n) is 2.80. The van der Waals surface area contributed by atoms with Crippen LogP contribution >= 0.6 is 0 Å². The van der Waals surface area contributed by atoms with Gasteiger partial charge in [0.25, 0.3) is 0 Å². The van der Waals surface area contributed by atoms with Gasteiger partial charge in [-0.1, -0.05) is 5.16 Å². The largest absolute Gasteiger partial charge is 0.341 e. The number of carbonyl (C=O) groups is 1. The zero-order chi connectivity index (χ0) is 10.1. The average molecular weight is 197 g/mol. The molecule has 0 bridgehead atoms. The van der Waals surface area contributed by atoms with Crippen LogP contribution in [0.2, 0.25) is 0 Å².